The second-order valence-corrected chi connectivity index (χ2v) is 8.09. The number of nitrogens with one attached hydrogen (secondary N) is 2. The van der Waals surface area contributed by atoms with Gasteiger partial charge in [0, 0.05) is 44.5 Å². The maximum absolute atomic E-state index is 13.3. The molecule has 2 N–H and O–H groups in total. The van der Waals surface area contributed by atoms with Crippen molar-refractivity contribution in [3.63, 3.8) is 0 Å². The van der Waals surface area contributed by atoms with Gasteiger partial charge in [-0.05, 0) is 43.2 Å². The van der Waals surface area contributed by atoms with E-state index in [0.717, 1.165) is 6.54 Å². The van der Waals surface area contributed by atoms with Gasteiger partial charge in [-0.1, -0.05) is 25.1 Å². The summed E-state index contributed by atoms with van der Waals surface area (Å²) < 4.78 is 11.6. The van der Waals surface area contributed by atoms with Crippen LogP contribution in [0.25, 0.3) is 0 Å². The van der Waals surface area contributed by atoms with Crippen LogP contribution in [-0.4, -0.2) is 62.7 Å². The number of rotatable bonds is 3. The van der Waals surface area contributed by atoms with Crippen molar-refractivity contribution in [2.24, 2.45) is 5.92 Å². The second-order valence-electron chi connectivity index (χ2n) is 8.09. The molecule has 0 bridgehead atoms. The first-order valence-corrected chi connectivity index (χ1v) is 10.5. The summed E-state index contributed by atoms with van der Waals surface area (Å²) in [6.07, 6.45) is -0.0987. The highest BCUT2D eigenvalue weighted by Gasteiger charge is 2.25. The molecule has 166 valence electrons. The molecule has 31 heavy (non-hydrogen) atoms. The molecule has 2 aromatic rings. The highest BCUT2D eigenvalue weighted by atomic mass is 16.5. The third kappa shape index (κ3) is 5.83. The predicted octanol–water partition coefficient (Wildman–Crippen LogP) is 3.03. The van der Waals surface area contributed by atoms with Crippen LogP contribution in [0.5, 0.6) is 5.75 Å². The number of benzene rings is 2. The van der Waals surface area contributed by atoms with Crippen molar-refractivity contribution in [3.8, 4) is 5.75 Å². The van der Waals surface area contributed by atoms with Gasteiger partial charge in [0.2, 0.25) is 0 Å². The van der Waals surface area contributed by atoms with E-state index in [1.165, 1.54) is 0 Å². The van der Waals surface area contributed by atoms with Crippen molar-refractivity contribution >= 4 is 17.5 Å². The van der Waals surface area contributed by atoms with Gasteiger partial charge in [0.15, 0.2) is 0 Å². The van der Waals surface area contributed by atoms with Crippen LogP contribution in [0, 0.1) is 5.92 Å². The van der Waals surface area contributed by atoms with E-state index in [4.69, 9.17) is 9.47 Å². The average molecular weight is 426 g/mol. The van der Waals surface area contributed by atoms with Crippen LogP contribution in [-0.2, 0) is 4.74 Å². The van der Waals surface area contributed by atoms with Gasteiger partial charge in [-0.15, -0.1) is 0 Å². The molecular weight excluding hydrogens is 394 g/mol. The molecule has 0 radical (unpaired) electrons. The lowest BCUT2D eigenvalue weighted by molar-refractivity contribution is 0.0281. The molecule has 0 saturated carbocycles. The van der Waals surface area contributed by atoms with Gasteiger partial charge < -0.3 is 25.0 Å². The number of likely N-dealkylation sites (N-methyl/N-ethyl adjacent to an activating group) is 1. The Balaban J connectivity index is 1.88. The van der Waals surface area contributed by atoms with Crippen molar-refractivity contribution in [2.45, 2.75) is 26.0 Å². The predicted molar refractivity (Wildman–Crippen MR) is 121 cm³/mol. The summed E-state index contributed by atoms with van der Waals surface area (Å²) in [7, 11) is 3.42. The molecular formula is C24H31N3O4. The van der Waals surface area contributed by atoms with Crippen molar-refractivity contribution in [1.82, 2.24) is 10.2 Å². The van der Waals surface area contributed by atoms with Crippen LogP contribution in [0.1, 0.15) is 34.6 Å². The second kappa shape index (κ2) is 10.4. The number of carbonyl (C=O) groups is 2. The van der Waals surface area contributed by atoms with Crippen molar-refractivity contribution in [3.05, 3.63) is 59.7 Å². The number of methoxy groups -OCH3 is 1. The average Bonchev–Trinajstić information content (AvgIpc) is 2.79. The number of hydrogen-bond acceptors (Lipinski definition) is 5. The molecule has 2 aromatic carbocycles. The number of hydrogen-bond donors (Lipinski definition) is 2. The Morgan fingerprint density at radius 3 is 2.65 bits per heavy atom. The number of anilines is 1. The zero-order chi connectivity index (χ0) is 22.4. The van der Waals surface area contributed by atoms with Gasteiger partial charge in [-0.25, -0.2) is 0 Å². The largest absolute Gasteiger partial charge is 0.491 e. The molecule has 7 heteroatoms. The van der Waals surface area contributed by atoms with Crippen molar-refractivity contribution in [2.75, 3.05) is 39.2 Å². The molecule has 0 aliphatic carbocycles. The van der Waals surface area contributed by atoms with Gasteiger partial charge in [0.25, 0.3) is 11.8 Å². The Bertz CT molecular complexity index is 903. The minimum atomic E-state index is -0.235. The molecule has 0 aromatic heterocycles. The maximum Gasteiger partial charge on any atom is 0.257 e. The van der Waals surface area contributed by atoms with E-state index in [1.54, 1.807) is 49.4 Å². The Hall–Kier alpha value is -2.90. The van der Waals surface area contributed by atoms with E-state index in [0.29, 0.717) is 35.7 Å². The van der Waals surface area contributed by atoms with Crippen LogP contribution in [0.15, 0.2) is 48.5 Å². The highest BCUT2D eigenvalue weighted by Crippen LogP contribution is 2.26. The van der Waals surface area contributed by atoms with Gasteiger partial charge >= 0.3 is 0 Å². The molecule has 3 rings (SSSR count). The molecule has 3 atom stereocenters. The normalized spacial score (nSPS) is 22.5. The lowest BCUT2D eigenvalue weighted by atomic mass is 10.0. The van der Waals surface area contributed by atoms with Gasteiger partial charge in [0.05, 0.1) is 11.7 Å². The monoisotopic (exact) mass is 425 g/mol. The third-order valence-corrected chi connectivity index (χ3v) is 5.52. The summed E-state index contributed by atoms with van der Waals surface area (Å²) in [6, 6.07) is 14.2. The molecule has 1 aliphatic rings. The van der Waals surface area contributed by atoms with Gasteiger partial charge in [-0.3, -0.25) is 9.59 Å². The fourth-order valence-corrected chi connectivity index (χ4v) is 3.53. The van der Waals surface area contributed by atoms with Crippen LogP contribution >= 0.6 is 0 Å². The van der Waals surface area contributed by atoms with Crippen LogP contribution in [0.3, 0.4) is 0 Å². The first kappa shape index (κ1) is 22.8. The van der Waals surface area contributed by atoms with Gasteiger partial charge in [-0.2, -0.15) is 0 Å². The van der Waals surface area contributed by atoms with Crippen LogP contribution in [0.2, 0.25) is 0 Å². The number of ether oxygens (including phenoxy) is 2. The molecule has 0 spiro atoms. The van der Waals surface area contributed by atoms with E-state index in [9.17, 15) is 9.59 Å². The summed E-state index contributed by atoms with van der Waals surface area (Å²) >= 11 is 0. The Morgan fingerprint density at radius 1 is 1.19 bits per heavy atom. The van der Waals surface area contributed by atoms with Gasteiger partial charge in [0.1, 0.15) is 12.4 Å². The van der Waals surface area contributed by atoms with E-state index < -0.39 is 0 Å². The lowest BCUT2D eigenvalue weighted by Crippen LogP contribution is -2.44. The number of carbonyl (C=O) groups excluding carboxylic acids is 2. The van der Waals surface area contributed by atoms with E-state index in [2.05, 4.69) is 17.6 Å². The Morgan fingerprint density at radius 2 is 1.94 bits per heavy atom. The first-order chi connectivity index (χ1) is 14.9. The Kier molecular flexibility index (Phi) is 7.65. The first-order valence-electron chi connectivity index (χ1n) is 10.5. The molecule has 1 heterocycles. The summed E-state index contributed by atoms with van der Waals surface area (Å²) in [6.45, 7) is 5.78. The standard InChI is InChI=1S/C24H31N3O4/c1-16-13-25-17(2)15-31-21-11-10-19(26-23(28)18-8-6-5-7-9-18)12-20(21)24(29)27(3)14-22(16)30-4/h5-12,16-17,22,25H,13-15H2,1-4H3,(H,26,28)/t16-,17-,22-/m1/s1. The van der Waals surface area contributed by atoms with E-state index in [1.807, 2.05) is 25.1 Å². The minimum absolute atomic E-state index is 0.0987. The molecule has 1 aliphatic heterocycles. The van der Waals surface area contributed by atoms with E-state index >= 15 is 0 Å². The highest BCUT2D eigenvalue weighted by molar-refractivity contribution is 6.05. The number of fused-ring (bicyclic) bond motifs is 1. The fraction of sp³-hybridized carbons (Fsp3) is 0.417. The quantitative estimate of drug-likeness (QED) is 0.790. The SMILES string of the molecule is CO[C@@H]1CN(C)C(=O)c2cc(NC(=O)c3ccccc3)ccc2OC[C@@H](C)NC[C@H]1C. The third-order valence-electron chi connectivity index (χ3n) is 5.52. The summed E-state index contributed by atoms with van der Waals surface area (Å²) in [5.74, 6) is 0.298. The molecule has 0 unspecified atom stereocenters. The Labute approximate surface area is 183 Å². The summed E-state index contributed by atoms with van der Waals surface area (Å²) in [5.41, 5.74) is 1.49. The molecule has 2 amide bonds. The zero-order valence-electron chi connectivity index (χ0n) is 18.6. The molecule has 0 saturated heterocycles. The van der Waals surface area contributed by atoms with Crippen molar-refractivity contribution in [1.29, 1.82) is 0 Å². The van der Waals surface area contributed by atoms with Crippen LogP contribution < -0.4 is 15.4 Å². The lowest BCUT2D eigenvalue weighted by Gasteiger charge is -2.30. The smallest absolute Gasteiger partial charge is 0.257 e. The van der Waals surface area contributed by atoms with Crippen LogP contribution in [0.4, 0.5) is 5.69 Å². The topological polar surface area (TPSA) is 79.9 Å². The zero-order valence-corrected chi connectivity index (χ0v) is 18.6. The number of nitrogens with zero attached hydrogens (tertiary/aromatic N) is 1. The summed E-state index contributed by atoms with van der Waals surface area (Å²) in [5, 5.41) is 6.33. The van der Waals surface area contributed by atoms with Crippen molar-refractivity contribution < 1.29 is 19.1 Å². The molecule has 7 nitrogen and oxygen atoms in total. The fourth-order valence-electron chi connectivity index (χ4n) is 3.53. The number of amides is 2. The maximum atomic E-state index is 13.3. The minimum Gasteiger partial charge on any atom is -0.491 e. The molecule has 0 fully saturated rings. The summed E-state index contributed by atoms with van der Waals surface area (Å²) in [4.78, 5) is 27.4. The van der Waals surface area contributed by atoms with E-state index in [-0.39, 0.29) is 29.9 Å².